The summed E-state index contributed by atoms with van der Waals surface area (Å²) in [5.74, 6) is -1.55. The molecule has 0 aliphatic carbocycles. The van der Waals surface area contributed by atoms with Crippen LogP contribution in [0, 0.1) is 6.92 Å². The molecule has 0 aliphatic heterocycles. The van der Waals surface area contributed by atoms with Crippen LogP contribution in [0.1, 0.15) is 16.1 Å². The van der Waals surface area contributed by atoms with Crippen molar-refractivity contribution in [1.82, 2.24) is 14.7 Å². The van der Waals surface area contributed by atoms with Gasteiger partial charge in [0, 0.05) is 18.5 Å². The van der Waals surface area contributed by atoms with Gasteiger partial charge in [-0.25, -0.2) is 9.48 Å². The smallest absolute Gasteiger partial charge is 0.339 e. The van der Waals surface area contributed by atoms with Crippen LogP contribution in [-0.4, -0.2) is 46.1 Å². The minimum atomic E-state index is -0.674. The molecule has 0 bridgehead atoms. The third-order valence-corrected chi connectivity index (χ3v) is 6.14. The lowest BCUT2D eigenvalue weighted by molar-refractivity contribution is -0.124. The molecule has 10 heteroatoms. The largest absolute Gasteiger partial charge is 0.452 e. The van der Waals surface area contributed by atoms with E-state index in [1.165, 1.54) is 10.8 Å². The first-order chi connectivity index (χ1) is 16.8. The number of hydrogen-bond donors (Lipinski definition) is 2. The first-order valence-electron chi connectivity index (χ1n) is 10.7. The highest BCUT2D eigenvalue weighted by Crippen LogP contribution is 2.24. The average molecular weight is 495 g/mol. The summed E-state index contributed by atoms with van der Waals surface area (Å²) in [5.41, 5.74) is 1.39. The fourth-order valence-electron chi connectivity index (χ4n) is 3.24. The summed E-state index contributed by atoms with van der Waals surface area (Å²) in [7, 11) is 1.74. The van der Waals surface area contributed by atoms with E-state index in [1.807, 2.05) is 18.2 Å². The Bertz CT molecular complexity index is 1300. The van der Waals surface area contributed by atoms with Crippen LogP contribution >= 0.6 is 11.8 Å². The second kappa shape index (κ2) is 11.9. The fraction of sp³-hybridized carbons (Fsp3) is 0.200. The number of nitrogens with one attached hydrogen (secondary N) is 2. The highest BCUT2D eigenvalue weighted by atomic mass is 32.2. The second-order valence-corrected chi connectivity index (χ2v) is 8.46. The molecule has 0 saturated heterocycles. The summed E-state index contributed by atoms with van der Waals surface area (Å²) in [6.45, 7) is 5.10. The summed E-state index contributed by atoms with van der Waals surface area (Å²) < 4.78 is 8.23. The first-order valence-corrected chi connectivity index (χ1v) is 11.7. The van der Waals surface area contributed by atoms with Crippen molar-refractivity contribution in [3.63, 3.8) is 0 Å². The number of hydrogen-bond acceptors (Lipinski definition) is 6. The van der Waals surface area contributed by atoms with Gasteiger partial charge in [-0.05, 0) is 31.2 Å². The summed E-state index contributed by atoms with van der Waals surface area (Å²) in [5, 5.41) is 5.22. The van der Waals surface area contributed by atoms with Crippen LogP contribution < -0.4 is 16.2 Å². The summed E-state index contributed by atoms with van der Waals surface area (Å²) in [4.78, 5) is 50.3. The van der Waals surface area contributed by atoms with Crippen LogP contribution in [0.3, 0.4) is 0 Å². The molecule has 3 rings (SSSR count). The first kappa shape index (κ1) is 25.6. The number of benzene rings is 2. The van der Waals surface area contributed by atoms with Gasteiger partial charge in [0.2, 0.25) is 5.91 Å². The molecule has 1 aromatic heterocycles. The molecule has 9 nitrogen and oxygen atoms in total. The van der Waals surface area contributed by atoms with Gasteiger partial charge < -0.3 is 15.4 Å². The van der Waals surface area contributed by atoms with Crippen molar-refractivity contribution >= 4 is 35.2 Å². The Morgan fingerprint density at radius 2 is 1.74 bits per heavy atom. The highest BCUT2D eigenvalue weighted by molar-refractivity contribution is 8.00. The van der Waals surface area contributed by atoms with Crippen molar-refractivity contribution in [1.29, 1.82) is 0 Å². The Hall–Kier alpha value is -4.05. The van der Waals surface area contributed by atoms with E-state index in [2.05, 4.69) is 17.2 Å². The number of aromatic nitrogens is 2. The quantitative estimate of drug-likeness (QED) is 0.255. The molecule has 35 heavy (non-hydrogen) atoms. The van der Waals surface area contributed by atoms with Gasteiger partial charge in [0.15, 0.2) is 6.61 Å². The molecule has 0 unspecified atom stereocenters. The van der Waals surface area contributed by atoms with Crippen LogP contribution in [0.15, 0.2) is 76.9 Å². The Balaban J connectivity index is 1.66. The van der Waals surface area contributed by atoms with Crippen LogP contribution in [0.2, 0.25) is 0 Å². The molecule has 2 aromatic carbocycles. The van der Waals surface area contributed by atoms with Crippen LogP contribution in [-0.2, 0) is 21.4 Å². The monoisotopic (exact) mass is 494 g/mol. The third kappa shape index (κ3) is 6.30. The number of thioether (sulfide) groups is 1. The molecular formula is C25H26N4O5S. The van der Waals surface area contributed by atoms with Crippen LogP contribution in [0.25, 0.3) is 5.69 Å². The molecule has 2 N–H and O–H groups in total. The number of amides is 2. The Kier molecular flexibility index (Phi) is 8.69. The maximum atomic E-state index is 13.0. The highest BCUT2D eigenvalue weighted by Gasteiger charge is 2.19. The molecule has 3 aromatic rings. The number of ether oxygens (including phenoxy) is 1. The molecule has 0 atom stereocenters. The number of nitrogens with zero attached hydrogens (tertiary/aromatic N) is 2. The van der Waals surface area contributed by atoms with Crippen molar-refractivity contribution < 1.29 is 19.1 Å². The van der Waals surface area contributed by atoms with Crippen LogP contribution in [0.5, 0.6) is 0 Å². The lowest BCUT2D eigenvalue weighted by Gasteiger charge is -2.09. The van der Waals surface area contributed by atoms with E-state index in [9.17, 15) is 19.2 Å². The van der Waals surface area contributed by atoms with Crippen molar-refractivity contribution in [2.75, 3.05) is 24.2 Å². The zero-order valence-electron chi connectivity index (χ0n) is 19.4. The minimum Gasteiger partial charge on any atom is -0.452 e. The maximum Gasteiger partial charge on any atom is 0.339 e. The van der Waals surface area contributed by atoms with Gasteiger partial charge in [-0.1, -0.05) is 36.4 Å². The number of carbonyl (C=O) groups is 3. The predicted molar refractivity (Wildman–Crippen MR) is 135 cm³/mol. The predicted octanol–water partition coefficient (Wildman–Crippen LogP) is 2.67. The van der Waals surface area contributed by atoms with Gasteiger partial charge in [-0.3, -0.25) is 19.1 Å². The van der Waals surface area contributed by atoms with E-state index < -0.39 is 24.4 Å². The topological polar surface area (TPSA) is 111 Å². The SMILES string of the molecule is C=CCNC(=O)COC(=O)c1ccccc1SCC(=O)Nc1c(C)n(C)n(-c2ccccc2)c1=O. The van der Waals surface area contributed by atoms with E-state index in [0.717, 1.165) is 11.8 Å². The van der Waals surface area contributed by atoms with E-state index in [0.29, 0.717) is 16.3 Å². The molecule has 0 fully saturated rings. The lowest BCUT2D eigenvalue weighted by atomic mass is 10.2. The molecule has 182 valence electrons. The number of carbonyl (C=O) groups excluding carboxylic acids is 3. The Labute approximate surface area is 206 Å². The molecule has 0 saturated carbocycles. The van der Waals surface area contributed by atoms with Gasteiger partial charge >= 0.3 is 5.97 Å². The maximum absolute atomic E-state index is 13.0. The van der Waals surface area contributed by atoms with Gasteiger partial charge in [0.1, 0.15) is 5.69 Å². The molecule has 0 aliphatic rings. The normalized spacial score (nSPS) is 10.5. The van der Waals surface area contributed by atoms with Crippen molar-refractivity contribution in [2.24, 2.45) is 7.05 Å². The number of esters is 1. The van der Waals surface area contributed by atoms with Crippen molar-refractivity contribution in [3.05, 3.63) is 88.9 Å². The second-order valence-electron chi connectivity index (χ2n) is 7.44. The Morgan fingerprint density at radius 3 is 2.46 bits per heavy atom. The van der Waals surface area contributed by atoms with Gasteiger partial charge in [0.25, 0.3) is 11.5 Å². The summed E-state index contributed by atoms with van der Waals surface area (Å²) in [6, 6.07) is 15.8. The number of rotatable bonds is 10. The van der Waals surface area contributed by atoms with Crippen molar-refractivity contribution in [2.45, 2.75) is 11.8 Å². The van der Waals surface area contributed by atoms with E-state index in [4.69, 9.17) is 4.74 Å². The average Bonchev–Trinajstić information content (AvgIpc) is 3.08. The zero-order chi connectivity index (χ0) is 25.4. The zero-order valence-corrected chi connectivity index (χ0v) is 20.3. The van der Waals surface area contributed by atoms with E-state index in [1.54, 1.807) is 55.1 Å². The number of anilines is 1. The van der Waals surface area contributed by atoms with Gasteiger partial charge in [-0.15, -0.1) is 18.3 Å². The lowest BCUT2D eigenvalue weighted by Crippen LogP contribution is -2.28. The van der Waals surface area contributed by atoms with E-state index in [-0.39, 0.29) is 29.1 Å². The molecule has 2 amide bonds. The summed E-state index contributed by atoms with van der Waals surface area (Å²) in [6.07, 6.45) is 1.52. The molecule has 1 heterocycles. The third-order valence-electron chi connectivity index (χ3n) is 5.06. The Morgan fingerprint density at radius 1 is 1.06 bits per heavy atom. The molecule has 0 radical (unpaired) electrons. The number of para-hydroxylation sites is 1. The van der Waals surface area contributed by atoms with Gasteiger partial charge in [-0.2, -0.15) is 0 Å². The van der Waals surface area contributed by atoms with Crippen molar-refractivity contribution in [3.8, 4) is 5.69 Å². The van der Waals surface area contributed by atoms with Gasteiger partial charge in [0.05, 0.1) is 22.7 Å². The molecular weight excluding hydrogens is 468 g/mol. The summed E-state index contributed by atoms with van der Waals surface area (Å²) >= 11 is 1.13. The molecule has 0 spiro atoms. The standard InChI is InChI=1S/C25H26N4O5S/c1-4-14-26-21(30)15-34-25(33)19-12-8-9-13-20(19)35-16-22(31)27-23-17(2)28(3)29(24(23)32)18-10-6-5-7-11-18/h4-13H,1,14-16H2,2-3H3,(H,26,30)(H,27,31). The van der Waals surface area contributed by atoms with Crippen LogP contribution in [0.4, 0.5) is 5.69 Å². The fourth-order valence-corrected chi connectivity index (χ4v) is 4.08. The minimum absolute atomic E-state index is 0.0385. The van der Waals surface area contributed by atoms with E-state index >= 15 is 0 Å².